The number of nitrogens with one attached hydrogen (secondary N) is 1. The molecule has 3 rings (SSSR count). The number of rotatable bonds is 2. The van der Waals surface area contributed by atoms with Crippen molar-refractivity contribution in [1.82, 2.24) is 5.32 Å². The number of aliphatic hydroxyl groups excluding tert-OH is 2. The molecule has 3 N–H and O–H groups in total. The maximum Gasteiger partial charge on any atom is 0.252 e. The van der Waals surface area contributed by atoms with E-state index in [1.807, 2.05) is 0 Å². The molecule has 104 valence electrons. The van der Waals surface area contributed by atoms with Gasteiger partial charge in [0.1, 0.15) is 12.2 Å². The Morgan fingerprint density at radius 1 is 1.35 bits per heavy atom. The average Bonchev–Trinajstić information content (AvgIpc) is 3.20. The number of fused-ring (bicyclic) bond motifs is 1. The first kappa shape index (κ1) is 12.8. The predicted octanol–water partition coefficient (Wildman–Crippen LogP) is 0.0257. The summed E-state index contributed by atoms with van der Waals surface area (Å²) in [6.45, 7) is 0. The quantitative estimate of drug-likeness (QED) is 0.617. The van der Waals surface area contributed by atoms with Crippen LogP contribution in [0.5, 0.6) is 0 Å². The van der Waals surface area contributed by atoms with E-state index < -0.39 is 24.2 Å². The lowest BCUT2D eigenvalue weighted by molar-refractivity contribution is -0.121. The zero-order valence-electron chi connectivity index (χ0n) is 10.4. The van der Waals surface area contributed by atoms with Crippen LogP contribution in [0.3, 0.4) is 0 Å². The van der Waals surface area contributed by atoms with E-state index in [-0.39, 0.29) is 23.7 Å². The van der Waals surface area contributed by atoms with Gasteiger partial charge in [0.25, 0.3) is 5.91 Å². The molecule has 0 saturated carbocycles. The molecule has 3 atom stereocenters. The van der Waals surface area contributed by atoms with Crippen LogP contribution >= 0.6 is 0 Å². The van der Waals surface area contributed by atoms with Crippen molar-refractivity contribution >= 4 is 11.7 Å². The number of epoxide rings is 1. The largest absolute Gasteiger partial charge is 0.512 e. The molecule has 0 aromatic rings. The highest BCUT2D eigenvalue weighted by Crippen LogP contribution is 2.33. The van der Waals surface area contributed by atoms with Gasteiger partial charge >= 0.3 is 0 Å². The summed E-state index contributed by atoms with van der Waals surface area (Å²) in [5.74, 6) is -0.754. The lowest BCUT2D eigenvalue weighted by atomic mass is 10.0. The van der Waals surface area contributed by atoms with Gasteiger partial charge in [-0.25, -0.2) is 0 Å². The van der Waals surface area contributed by atoms with E-state index in [9.17, 15) is 19.8 Å². The number of hydrogen-bond donors (Lipinski definition) is 3. The number of aliphatic hydroxyl groups is 2. The molecule has 0 radical (unpaired) electrons. The van der Waals surface area contributed by atoms with Gasteiger partial charge in [-0.1, -0.05) is 18.2 Å². The van der Waals surface area contributed by atoms with Crippen LogP contribution in [0, 0.1) is 0 Å². The summed E-state index contributed by atoms with van der Waals surface area (Å²) in [7, 11) is 0. The SMILES string of the molecule is O=C(NC1=CC(O)C2OC2C1=O)C1=CC=CC=C(O)C1. The minimum absolute atomic E-state index is 0.0406. The standard InChI is InChI=1S/C14H13NO5/c16-8-4-2-1-3-7(5-8)14(19)15-9-6-10(17)12-13(20-12)11(9)18/h1-4,6,10,12-13,16-17H,5H2,(H,15,19). The van der Waals surface area contributed by atoms with Gasteiger partial charge in [0, 0.05) is 12.0 Å². The number of carbonyl (C=O) groups excluding carboxylic acids is 2. The summed E-state index contributed by atoms with van der Waals surface area (Å²) in [6, 6.07) is 0. The molecule has 1 saturated heterocycles. The molecule has 6 heteroatoms. The predicted molar refractivity (Wildman–Crippen MR) is 68.5 cm³/mol. The normalized spacial score (nSPS) is 31.6. The van der Waals surface area contributed by atoms with E-state index >= 15 is 0 Å². The molecule has 1 aliphatic heterocycles. The average molecular weight is 275 g/mol. The first-order valence-corrected chi connectivity index (χ1v) is 6.22. The molecule has 6 nitrogen and oxygen atoms in total. The van der Waals surface area contributed by atoms with E-state index in [1.54, 1.807) is 18.2 Å². The molecule has 0 spiro atoms. The van der Waals surface area contributed by atoms with Gasteiger partial charge < -0.3 is 20.3 Å². The minimum Gasteiger partial charge on any atom is -0.512 e. The minimum atomic E-state index is -0.885. The van der Waals surface area contributed by atoms with E-state index in [0.29, 0.717) is 5.57 Å². The number of Topliss-reactive ketones (excluding diaryl/α,β-unsaturated/α-hetero) is 1. The van der Waals surface area contributed by atoms with E-state index in [0.717, 1.165) is 0 Å². The molecule has 1 heterocycles. The van der Waals surface area contributed by atoms with Gasteiger partial charge in [-0.15, -0.1) is 0 Å². The fourth-order valence-electron chi connectivity index (χ4n) is 2.21. The molecule has 3 aliphatic rings. The number of hydrogen-bond acceptors (Lipinski definition) is 5. The number of allylic oxidation sites excluding steroid dienone is 5. The van der Waals surface area contributed by atoms with Crippen LogP contribution in [-0.2, 0) is 14.3 Å². The molecular formula is C14H13NO5. The third-order valence-corrected chi connectivity index (χ3v) is 3.33. The number of ketones is 1. The number of carbonyl (C=O) groups is 2. The smallest absolute Gasteiger partial charge is 0.252 e. The Hall–Kier alpha value is -2.18. The van der Waals surface area contributed by atoms with Crippen molar-refractivity contribution < 1.29 is 24.5 Å². The highest BCUT2D eigenvalue weighted by Gasteiger charge is 2.53. The van der Waals surface area contributed by atoms with Gasteiger partial charge in [0.05, 0.1) is 11.5 Å². The molecular weight excluding hydrogens is 262 g/mol. The summed E-state index contributed by atoms with van der Waals surface area (Å²) in [5, 5.41) is 21.6. The zero-order chi connectivity index (χ0) is 14.3. The van der Waals surface area contributed by atoms with Crippen molar-refractivity contribution in [1.29, 1.82) is 0 Å². The topological polar surface area (TPSA) is 99.2 Å². The van der Waals surface area contributed by atoms with E-state index in [2.05, 4.69) is 5.32 Å². The maximum absolute atomic E-state index is 12.1. The van der Waals surface area contributed by atoms with Crippen LogP contribution in [0.2, 0.25) is 0 Å². The summed E-state index contributed by atoms with van der Waals surface area (Å²) < 4.78 is 5.02. The monoisotopic (exact) mass is 275 g/mol. The third kappa shape index (κ3) is 2.31. The van der Waals surface area contributed by atoms with Gasteiger partial charge in [-0.3, -0.25) is 9.59 Å². The molecule has 1 fully saturated rings. The van der Waals surface area contributed by atoms with Crippen LogP contribution in [-0.4, -0.2) is 40.2 Å². The number of ether oxygens (including phenoxy) is 1. The van der Waals surface area contributed by atoms with Crippen LogP contribution in [0.15, 0.2) is 47.4 Å². The van der Waals surface area contributed by atoms with Crippen LogP contribution in [0.1, 0.15) is 6.42 Å². The van der Waals surface area contributed by atoms with Gasteiger partial charge in [0.15, 0.2) is 6.10 Å². The van der Waals surface area contributed by atoms with Crippen molar-refractivity contribution in [3.63, 3.8) is 0 Å². The Balaban J connectivity index is 1.73. The Labute approximate surface area is 114 Å². The lowest BCUT2D eigenvalue weighted by Crippen LogP contribution is -2.36. The molecule has 20 heavy (non-hydrogen) atoms. The second kappa shape index (κ2) is 4.73. The summed E-state index contributed by atoms with van der Waals surface area (Å²) in [5.41, 5.74) is 0.369. The first-order valence-electron chi connectivity index (χ1n) is 6.22. The Morgan fingerprint density at radius 3 is 2.90 bits per heavy atom. The summed E-state index contributed by atoms with van der Waals surface area (Å²) in [4.78, 5) is 23.9. The van der Waals surface area contributed by atoms with Gasteiger partial charge in [0.2, 0.25) is 5.78 Å². The first-order chi connectivity index (χ1) is 9.56. The fraction of sp³-hybridized carbons (Fsp3) is 0.286. The Kier molecular flexibility index (Phi) is 3.04. The van der Waals surface area contributed by atoms with E-state index in [1.165, 1.54) is 12.2 Å². The molecule has 0 bridgehead atoms. The highest BCUT2D eigenvalue weighted by atomic mass is 16.6. The molecule has 0 aromatic carbocycles. The second-order valence-corrected chi connectivity index (χ2v) is 4.82. The molecule has 3 unspecified atom stereocenters. The second-order valence-electron chi connectivity index (χ2n) is 4.82. The van der Waals surface area contributed by atoms with E-state index in [4.69, 9.17) is 4.74 Å². The Morgan fingerprint density at radius 2 is 2.10 bits per heavy atom. The Bertz CT molecular complexity index is 599. The summed E-state index contributed by atoms with van der Waals surface area (Å²) in [6.07, 6.45) is 5.67. The zero-order valence-corrected chi connectivity index (χ0v) is 10.4. The maximum atomic E-state index is 12.1. The van der Waals surface area contributed by atoms with Crippen molar-refractivity contribution in [3.05, 3.63) is 47.4 Å². The summed E-state index contributed by atoms with van der Waals surface area (Å²) >= 11 is 0. The third-order valence-electron chi connectivity index (χ3n) is 3.33. The van der Waals surface area contributed by atoms with Gasteiger partial charge in [-0.05, 0) is 12.2 Å². The van der Waals surface area contributed by atoms with Crippen molar-refractivity contribution in [2.45, 2.75) is 24.7 Å². The number of amides is 1. The highest BCUT2D eigenvalue weighted by molar-refractivity contribution is 6.07. The van der Waals surface area contributed by atoms with Gasteiger partial charge in [-0.2, -0.15) is 0 Å². The lowest BCUT2D eigenvalue weighted by Gasteiger charge is -2.14. The van der Waals surface area contributed by atoms with Crippen molar-refractivity contribution in [2.24, 2.45) is 0 Å². The van der Waals surface area contributed by atoms with Crippen LogP contribution in [0.4, 0.5) is 0 Å². The van der Waals surface area contributed by atoms with Crippen LogP contribution < -0.4 is 5.32 Å². The van der Waals surface area contributed by atoms with Crippen LogP contribution in [0.25, 0.3) is 0 Å². The molecule has 2 aliphatic carbocycles. The van der Waals surface area contributed by atoms with Crippen molar-refractivity contribution in [3.8, 4) is 0 Å². The fourth-order valence-corrected chi connectivity index (χ4v) is 2.21. The van der Waals surface area contributed by atoms with Crippen molar-refractivity contribution in [2.75, 3.05) is 0 Å². The molecule has 0 aromatic heterocycles. The molecule has 1 amide bonds.